The number of hydrogen-bond donors (Lipinski definition) is 0. The monoisotopic (exact) mass is 361 g/mol. The minimum atomic E-state index is -0.808. The maximum atomic E-state index is 12.5. The highest BCUT2D eigenvalue weighted by Gasteiger charge is 2.22. The number of Topliss-reactive ketones (excluding diaryl/α,β-unsaturated/α-hetero) is 1. The fourth-order valence-corrected chi connectivity index (χ4v) is 2.54. The molecule has 0 saturated carbocycles. The first-order valence-corrected chi connectivity index (χ1v) is 7.57. The third-order valence-corrected chi connectivity index (χ3v) is 4.67. The summed E-state index contributed by atoms with van der Waals surface area (Å²) in [7, 11) is 0. The predicted octanol–water partition coefficient (Wildman–Crippen LogP) is 5.21. The average molecular weight is 363 g/mol. The van der Waals surface area contributed by atoms with Crippen LogP contribution < -0.4 is 0 Å². The van der Waals surface area contributed by atoms with Gasteiger partial charge in [0.25, 0.3) is 0 Å². The molecule has 0 aliphatic carbocycles. The lowest BCUT2D eigenvalue weighted by Gasteiger charge is -2.11. The Morgan fingerprint density at radius 1 is 1.19 bits per heavy atom. The van der Waals surface area contributed by atoms with E-state index in [2.05, 4.69) is 22.0 Å². The van der Waals surface area contributed by atoms with Crippen molar-refractivity contribution in [2.24, 2.45) is 0 Å². The van der Waals surface area contributed by atoms with Crippen LogP contribution in [0.4, 0.5) is 0 Å². The second-order valence-electron chi connectivity index (χ2n) is 4.90. The molecule has 0 heterocycles. The van der Waals surface area contributed by atoms with Gasteiger partial charge in [-0.15, -0.1) is 0 Å². The third-order valence-electron chi connectivity index (χ3n) is 3.46. The van der Waals surface area contributed by atoms with Gasteiger partial charge in [-0.2, -0.15) is 5.26 Å². The van der Waals surface area contributed by atoms with Gasteiger partial charge in [0.1, 0.15) is 5.92 Å². The number of nitriles is 1. The molecule has 1 atom stereocenters. The molecule has 0 radical (unpaired) electrons. The second kappa shape index (κ2) is 6.43. The summed E-state index contributed by atoms with van der Waals surface area (Å²) < 4.78 is 0.645. The van der Waals surface area contributed by atoms with E-state index < -0.39 is 5.92 Å². The predicted molar refractivity (Wildman–Crippen MR) is 87.8 cm³/mol. The zero-order valence-corrected chi connectivity index (χ0v) is 14.0. The van der Waals surface area contributed by atoms with E-state index in [9.17, 15) is 10.1 Å². The van der Waals surface area contributed by atoms with Gasteiger partial charge in [0.15, 0.2) is 5.78 Å². The summed E-state index contributed by atoms with van der Waals surface area (Å²) in [6.45, 7) is 3.97. The van der Waals surface area contributed by atoms with Gasteiger partial charge in [-0.25, -0.2) is 0 Å². The van der Waals surface area contributed by atoms with Crippen molar-refractivity contribution in [1.82, 2.24) is 0 Å². The van der Waals surface area contributed by atoms with Crippen molar-refractivity contribution in [2.75, 3.05) is 0 Å². The van der Waals surface area contributed by atoms with Gasteiger partial charge in [-0.1, -0.05) is 29.8 Å². The molecule has 0 N–H and O–H groups in total. The lowest BCUT2D eigenvalue weighted by atomic mass is 9.90. The molecule has 1 unspecified atom stereocenters. The smallest absolute Gasteiger partial charge is 0.184 e. The molecule has 2 nitrogen and oxygen atoms in total. The molecule has 0 aliphatic heterocycles. The van der Waals surface area contributed by atoms with Gasteiger partial charge < -0.3 is 0 Å². The molecule has 0 amide bonds. The van der Waals surface area contributed by atoms with Gasteiger partial charge >= 0.3 is 0 Å². The molecule has 106 valence electrons. The van der Waals surface area contributed by atoms with E-state index >= 15 is 0 Å². The van der Waals surface area contributed by atoms with E-state index in [-0.39, 0.29) is 5.78 Å². The number of ketones is 1. The summed E-state index contributed by atoms with van der Waals surface area (Å²) >= 11 is 9.23. The van der Waals surface area contributed by atoms with E-state index in [0.29, 0.717) is 15.1 Å². The zero-order valence-electron chi connectivity index (χ0n) is 11.7. The zero-order chi connectivity index (χ0) is 15.6. The highest BCUT2D eigenvalue weighted by Crippen LogP contribution is 2.27. The Labute approximate surface area is 137 Å². The lowest BCUT2D eigenvalue weighted by molar-refractivity contribution is 0.0979. The molecule has 0 aromatic heterocycles. The van der Waals surface area contributed by atoms with E-state index in [1.54, 1.807) is 18.2 Å². The van der Waals surface area contributed by atoms with Crippen LogP contribution in [0.2, 0.25) is 5.02 Å². The van der Waals surface area contributed by atoms with Crippen molar-refractivity contribution in [3.63, 3.8) is 0 Å². The normalized spacial score (nSPS) is 11.8. The van der Waals surface area contributed by atoms with Crippen LogP contribution in [0.1, 0.15) is 33.0 Å². The first kappa shape index (κ1) is 15.8. The quantitative estimate of drug-likeness (QED) is 0.703. The standard InChI is InChI=1S/C17H13BrClNO/c1-10-3-4-12(7-11(10)2)14(9-20)17(21)13-5-6-16(19)15(18)8-13/h3-8,14H,1-2H3. The van der Waals surface area contributed by atoms with E-state index in [4.69, 9.17) is 11.6 Å². The van der Waals surface area contributed by atoms with E-state index in [0.717, 1.165) is 16.7 Å². The first-order chi connectivity index (χ1) is 9.93. The minimum absolute atomic E-state index is 0.224. The average Bonchev–Trinajstić information content (AvgIpc) is 2.46. The summed E-state index contributed by atoms with van der Waals surface area (Å²) in [4.78, 5) is 12.5. The van der Waals surface area contributed by atoms with Crippen LogP contribution in [0.5, 0.6) is 0 Å². The topological polar surface area (TPSA) is 40.9 Å². The Balaban J connectivity index is 2.41. The Hall–Kier alpha value is -1.63. The third kappa shape index (κ3) is 3.34. The van der Waals surface area contributed by atoms with Crippen LogP contribution in [0.25, 0.3) is 0 Å². The Morgan fingerprint density at radius 3 is 2.48 bits per heavy atom. The van der Waals surface area contributed by atoms with Crippen molar-refractivity contribution in [3.8, 4) is 6.07 Å². The van der Waals surface area contributed by atoms with Gasteiger partial charge in [0.05, 0.1) is 11.1 Å². The molecule has 2 aromatic rings. The highest BCUT2D eigenvalue weighted by molar-refractivity contribution is 9.10. The Bertz CT molecular complexity index is 749. The molecule has 0 saturated heterocycles. The molecule has 4 heteroatoms. The fraction of sp³-hybridized carbons (Fsp3) is 0.176. The van der Waals surface area contributed by atoms with Gasteiger partial charge in [-0.05, 0) is 64.7 Å². The molecule has 0 bridgehead atoms. The molecular weight excluding hydrogens is 350 g/mol. The van der Waals surface area contributed by atoms with Crippen LogP contribution >= 0.6 is 27.5 Å². The molecule has 21 heavy (non-hydrogen) atoms. The summed E-state index contributed by atoms with van der Waals surface area (Å²) in [5.74, 6) is -1.03. The van der Waals surface area contributed by atoms with Gasteiger partial charge in [0, 0.05) is 10.0 Å². The van der Waals surface area contributed by atoms with Crippen molar-refractivity contribution in [1.29, 1.82) is 5.26 Å². The molecule has 0 spiro atoms. The number of benzene rings is 2. The number of carbonyl (C=O) groups is 1. The van der Waals surface area contributed by atoms with Crippen LogP contribution in [0, 0.1) is 25.2 Å². The number of hydrogen-bond acceptors (Lipinski definition) is 2. The highest BCUT2D eigenvalue weighted by atomic mass is 79.9. The van der Waals surface area contributed by atoms with E-state index in [1.807, 2.05) is 32.0 Å². The van der Waals surface area contributed by atoms with Crippen molar-refractivity contribution in [2.45, 2.75) is 19.8 Å². The fourth-order valence-electron chi connectivity index (χ4n) is 2.04. The number of carbonyl (C=O) groups excluding carboxylic acids is 1. The maximum absolute atomic E-state index is 12.5. The van der Waals surface area contributed by atoms with Gasteiger partial charge in [-0.3, -0.25) is 4.79 Å². The number of aryl methyl sites for hydroxylation is 2. The molecule has 2 rings (SSSR count). The largest absolute Gasteiger partial charge is 0.292 e. The first-order valence-electron chi connectivity index (χ1n) is 6.40. The van der Waals surface area contributed by atoms with Crippen LogP contribution in [-0.4, -0.2) is 5.78 Å². The van der Waals surface area contributed by atoms with Crippen molar-refractivity contribution < 1.29 is 4.79 Å². The maximum Gasteiger partial charge on any atom is 0.184 e. The van der Waals surface area contributed by atoms with Crippen LogP contribution in [0.15, 0.2) is 40.9 Å². The Morgan fingerprint density at radius 2 is 1.90 bits per heavy atom. The van der Waals surface area contributed by atoms with Crippen molar-refractivity contribution in [3.05, 3.63) is 68.1 Å². The summed E-state index contributed by atoms with van der Waals surface area (Å²) in [5, 5.41) is 9.92. The van der Waals surface area contributed by atoms with Crippen LogP contribution in [-0.2, 0) is 0 Å². The van der Waals surface area contributed by atoms with Gasteiger partial charge in [0.2, 0.25) is 0 Å². The molecule has 0 fully saturated rings. The molecular formula is C17H13BrClNO. The molecule has 2 aromatic carbocycles. The van der Waals surface area contributed by atoms with Crippen molar-refractivity contribution >= 4 is 33.3 Å². The summed E-state index contributed by atoms with van der Waals surface area (Å²) in [6.07, 6.45) is 0. The van der Waals surface area contributed by atoms with E-state index in [1.165, 1.54) is 0 Å². The van der Waals surface area contributed by atoms with Crippen LogP contribution in [0.3, 0.4) is 0 Å². The number of halogens is 2. The Kier molecular flexibility index (Phi) is 4.82. The lowest BCUT2D eigenvalue weighted by Crippen LogP contribution is -2.11. The molecule has 0 aliphatic rings. The second-order valence-corrected chi connectivity index (χ2v) is 6.16. The SMILES string of the molecule is Cc1ccc(C(C#N)C(=O)c2ccc(Cl)c(Br)c2)cc1C. The summed E-state index contributed by atoms with van der Waals surface area (Å²) in [5.41, 5.74) is 3.39. The summed E-state index contributed by atoms with van der Waals surface area (Å²) in [6, 6.07) is 12.7. The number of rotatable bonds is 3. The minimum Gasteiger partial charge on any atom is -0.292 e. The number of nitrogens with zero attached hydrogens (tertiary/aromatic N) is 1.